The van der Waals surface area contributed by atoms with Crippen LogP contribution in [0.2, 0.25) is 0 Å². The van der Waals surface area contributed by atoms with Gasteiger partial charge < -0.3 is 4.90 Å². The summed E-state index contributed by atoms with van der Waals surface area (Å²) >= 11 is 0. The number of hydrogen-bond acceptors (Lipinski definition) is 2. The minimum absolute atomic E-state index is 0.531. The van der Waals surface area contributed by atoms with E-state index in [-0.39, 0.29) is 0 Å². The van der Waals surface area contributed by atoms with Crippen LogP contribution < -0.4 is 5.09 Å². The van der Waals surface area contributed by atoms with E-state index < -0.39 is 0 Å². The number of likely N-dealkylation sites (tertiary alicyclic amines) is 1. The molecule has 0 aromatic heterocycles. The maximum absolute atomic E-state index is 3.33. The molecule has 64 valence electrons. The Morgan fingerprint density at radius 3 is 2.18 bits per heavy atom. The lowest BCUT2D eigenvalue weighted by Crippen LogP contribution is -2.29. The molecule has 2 aliphatic rings. The van der Waals surface area contributed by atoms with Gasteiger partial charge in [0.25, 0.3) is 0 Å². The maximum atomic E-state index is 3.33. The Balaban J connectivity index is 2.19. The molecule has 3 heteroatoms. The van der Waals surface area contributed by atoms with E-state index in [1.807, 2.05) is 0 Å². The van der Waals surface area contributed by atoms with Crippen LogP contribution in [-0.2, 0) is 0 Å². The molecule has 1 aliphatic carbocycles. The summed E-state index contributed by atoms with van der Waals surface area (Å²) in [7, 11) is 4.86. The van der Waals surface area contributed by atoms with E-state index in [1.54, 1.807) is 0 Å². The lowest BCUT2D eigenvalue weighted by atomic mass is 10.0. The smallest absolute Gasteiger partial charge is 0.0243 e. The summed E-state index contributed by atoms with van der Waals surface area (Å²) in [4.78, 5) is 2.43. The molecule has 0 bridgehead atoms. The lowest BCUT2D eigenvalue weighted by molar-refractivity contribution is 0.317. The van der Waals surface area contributed by atoms with Gasteiger partial charge in [0.05, 0.1) is 0 Å². The second-order valence-corrected chi connectivity index (χ2v) is 4.94. The van der Waals surface area contributed by atoms with Gasteiger partial charge in [-0.3, -0.25) is 5.09 Å². The van der Waals surface area contributed by atoms with Crippen molar-refractivity contribution in [3.8, 4) is 0 Å². The Kier molecular flexibility index (Phi) is 1.44. The molecule has 0 amide bonds. The molecule has 1 heterocycles. The largest absolute Gasteiger partial charge is 0.305 e. The number of hydrogen-bond donors (Lipinski definition) is 1. The molecule has 1 N–H and O–H groups in total. The topological polar surface area (TPSA) is 15.3 Å². The number of rotatable bonds is 1. The summed E-state index contributed by atoms with van der Waals surface area (Å²) in [6.45, 7) is 7.27. The molecule has 0 spiro atoms. The summed E-state index contributed by atoms with van der Waals surface area (Å²) in [6.07, 6.45) is 0. The molecule has 2 nitrogen and oxygen atoms in total. The second kappa shape index (κ2) is 1.99. The van der Waals surface area contributed by atoms with Crippen molar-refractivity contribution < 1.29 is 0 Å². The van der Waals surface area contributed by atoms with E-state index in [2.05, 4.69) is 40.3 Å². The zero-order chi connectivity index (χ0) is 8.28. The average Bonchev–Trinajstić information content (AvgIpc) is 2.15. The molecule has 0 radical (unpaired) electrons. The molecule has 2 unspecified atom stereocenters. The van der Waals surface area contributed by atoms with Crippen molar-refractivity contribution in [3.63, 3.8) is 0 Å². The Morgan fingerprint density at radius 2 is 1.82 bits per heavy atom. The lowest BCUT2D eigenvalue weighted by Gasteiger charge is -2.17. The van der Waals surface area contributed by atoms with Gasteiger partial charge in [0.2, 0.25) is 0 Å². The van der Waals surface area contributed by atoms with Crippen molar-refractivity contribution in [1.29, 1.82) is 0 Å². The summed E-state index contributed by atoms with van der Waals surface area (Å²) in [6, 6.07) is 0.719. The van der Waals surface area contributed by atoms with Crippen LogP contribution in [-0.4, -0.2) is 31.1 Å². The Hall–Kier alpha value is 0.350. The SMILES string of the molecule is CN1C[C@@]2(C)C(NP)[C@@]2(C)C1. The first-order valence-corrected chi connectivity index (χ1v) is 4.77. The predicted octanol–water partition coefficient (Wildman–Crippen LogP) is 0.706. The van der Waals surface area contributed by atoms with E-state index >= 15 is 0 Å². The van der Waals surface area contributed by atoms with E-state index in [1.165, 1.54) is 13.1 Å². The van der Waals surface area contributed by atoms with Gasteiger partial charge in [-0.1, -0.05) is 23.2 Å². The fourth-order valence-corrected chi connectivity index (χ4v) is 3.78. The molecule has 4 atom stereocenters. The first-order valence-electron chi connectivity index (χ1n) is 4.19. The van der Waals surface area contributed by atoms with Crippen LogP contribution in [0.1, 0.15) is 13.8 Å². The van der Waals surface area contributed by atoms with Gasteiger partial charge >= 0.3 is 0 Å². The summed E-state index contributed by atoms with van der Waals surface area (Å²) in [5, 5.41) is 3.33. The fraction of sp³-hybridized carbons (Fsp3) is 1.00. The van der Waals surface area contributed by atoms with Gasteiger partial charge in [0.15, 0.2) is 0 Å². The van der Waals surface area contributed by atoms with E-state index in [0.717, 1.165) is 6.04 Å². The molecule has 1 aliphatic heterocycles. The number of nitrogens with one attached hydrogen (secondary N) is 1. The second-order valence-electron chi connectivity index (χ2n) is 4.61. The zero-order valence-corrected chi connectivity index (χ0v) is 8.67. The minimum Gasteiger partial charge on any atom is -0.305 e. The fourth-order valence-electron chi connectivity index (χ4n) is 3.04. The van der Waals surface area contributed by atoms with Crippen molar-refractivity contribution in [3.05, 3.63) is 0 Å². The molecule has 1 saturated heterocycles. The minimum atomic E-state index is 0.531. The highest BCUT2D eigenvalue weighted by molar-refractivity contribution is 7.13. The molecule has 0 aromatic carbocycles. The standard InChI is InChI=1S/C8H17N2P/c1-7-4-10(3)5-8(7,2)6(7)9-11/h6,9H,4-5,11H2,1-3H3/t6?,7-,8+. The van der Waals surface area contributed by atoms with Crippen molar-refractivity contribution in [2.75, 3.05) is 20.1 Å². The Labute approximate surface area is 71.0 Å². The Bertz CT molecular complexity index is 179. The van der Waals surface area contributed by atoms with Crippen LogP contribution in [0.15, 0.2) is 0 Å². The quantitative estimate of drug-likeness (QED) is 0.586. The predicted molar refractivity (Wildman–Crippen MR) is 50.3 cm³/mol. The van der Waals surface area contributed by atoms with Gasteiger partial charge in [0, 0.05) is 30.0 Å². The first-order chi connectivity index (χ1) is 5.04. The molecule has 2 fully saturated rings. The van der Waals surface area contributed by atoms with Gasteiger partial charge in [-0.05, 0) is 7.05 Å². The maximum Gasteiger partial charge on any atom is 0.0243 e. The molecular formula is C8H17N2P. The third-order valence-electron chi connectivity index (χ3n) is 3.86. The highest BCUT2D eigenvalue weighted by Crippen LogP contribution is 2.67. The van der Waals surface area contributed by atoms with Gasteiger partial charge in [0.1, 0.15) is 0 Å². The van der Waals surface area contributed by atoms with Crippen LogP contribution >= 0.6 is 9.39 Å². The van der Waals surface area contributed by atoms with Crippen LogP contribution in [0.25, 0.3) is 0 Å². The van der Waals surface area contributed by atoms with Crippen molar-refractivity contribution in [1.82, 2.24) is 9.99 Å². The average molecular weight is 172 g/mol. The van der Waals surface area contributed by atoms with Gasteiger partial charge in [-0.25, -0.2) is 0 Å². The summed E-state index contributed by atoms with van der Waals surface area (Å²) in [5.74, 6) is 0. The first kappa shape index (κ1) is 7.97. The molecule has 0 aromatic rings. The van der Waals surface area contributed by atoms with Crippen LogP contribution in [0.5, 0.6) is 0 Å². The Morgan fingerprint density at radius 1 is 1.36 bits per heavy atom. The molecular weight excluding hydrogens is 155 g/mol. The van der Waals surface area contributed by atoms with Crippen LogP contribution in [0.3, 0.4) is 0 Å². The third kappa shape index (κ3) is 0.734. The van der Waals surface area contributed by atoms with Crippen LogP contribution in [0, 0.1) is 10.8 Å². The number of piperidine rings is 1. The summed E-state index contributed by atoms with van der Waals surface area (Å²) in [5.41, 5.74) is 1.06. The van der Waals surface area contributed by atoms with Crippen LogP contribution in [0.4, 0.5) is 0 Å². The van der Waals surface area contributed by atoms with Crippen molar-refractivity contribution in [2.45, 2.75) is 19.9 Å². The van der Waals surface area contributed by atoms with Gasteiger partial charge in [-0.15, -0.1) is 0 Å². The molecule has 1 saturated carbocycles. The number of fused-ring (bicyclic) bond motifs is 1. The highest BCUT2D eigenvalue weighted by atomic mass is 31.0. The highest BCUT2D eigenvalue weighted by Gasteiger charge is 2.73. The zero-order valence-electron chi connectivity index (χ0n) is 7.52. The van der Waals surface area contributed by atoms with E-state index in [0.29, 0.717) is 10.8 Å². The van der Waals surface area contributed by atoms with Gasteiger partial charge in [-0.2, -0.15) is 0 Å². The summed E-state index contributed by atoms with van der Waals surface area (Å²) < 4.78 is 0. The number of nitrogens with zero attached hydrogens (tertiary/aromatic N) is 1. The normalized spacial score (nSPS) is 56.2. The molecule has 2 rings (SSSR count). The van der Waals surface area contributed by atoms with Crippen molar-refractivity contribution >= 4 is 9.39 Å². The van der Waals surface area contributed by atoms with E-state index in [4.69, 9.17) is 0 Å². The molecule has 11 heavy (non-hydrogen) atoms. The van der Waals surface area contributed by atoms with Crippen molar-refractivity contribution in [2.24, 2.45) is 10.8 Å². The van der Waals surface area contributed by atoms with E-state index in [9.17, 15) is 0 Å². The monoisotopic (exact) mass is 172 g/mol. The third-order valence-corrected chi connectivity index (χ3v) is 4.19.